The second kappa shape index (κ2) is 4.12. The van der Waals surface area contributed by atoms with Crippen LogP contribution in [-0.4, -0.2) is 16.2 Å². The molecule has 0 aliphatic rings. The number of nitrogens with zero attached hydrogens (tertiary/aromatic N) is 2. The van der Waals surface area contributed by atoms with E-state index in [1.54, 1.807) is 6.33 Å². The van der Waals surface area contributed by atoms with Crippen molar-refractivity contribution in [3.05, 3.63) is 27.6 Å². The zero-order valence-electron chi connectivity index (χ0n) is 8.69. The van der Waals surface area contributed by atoms with Gasteiger partial charge in [0, 0.05) is 6.61 Å². The van der Waals surface area contributed by atoms with Gasteiger partial charge in [0.2, 0.25) is 0 Å². The molecule has 0 aliphatic heterocycles. The first-order valence-corrected chi connectivity index (χ1v) is 5.63. The van der Waals surface area contributed by atoms with E-state index < -0.39 is 0 Å². The van der Waals surface area contributed by atoms with Gasteiger partial charge in [0.1, 0.15) is 17.8 Å². The molecule has 0 spiro atoms. The minimum absolute atomic E-state index is 0.0217. The lowest BCUT2D eigenvalue weighted by Crippen LogP contribution is -2.21. The Morgan fingerprint density at radius 1 is 1.60 bits per heavy atom. The molecule has 0 saturated heterocycles. The second-order valence-corrected chi connectivity index (χ2v) is 4.12. The fraction of sp³-hybridized carbons (Fsp3) is 0.400. The van der Waals surface area contributed by atoms with E-state index in [-0.39, 0.29) is 12.3 Å². The summed E-state index contributed by atoms with van der Waals surface area (Å²) >= 11 is 1.44. The highest BCUT2D eigenvalue weighted by Crippen LogP contribution is 2.19. The largest absolute Gasteiger partial charge is 0.361 e. The minimum atomic E-state index is -0.0217. The van der Waals surface area contributed by atoms with E-state index in [1.807, 2.05) is 19.2 Å². The van der Waals surface area contributed by atoms with Crippen LogP contribution in [0.25, 0.3) is 10.2 Å². The van der Waals surface area contributed by atoms with Gasteiger partial charge >= 0.3 is 0 Å². The Labute approximate surface area is 91.1 Å². The van der Waals surface area contributed by atoms with Crippen LogP contribution < -0.4 is 5.56 Å². The monoisotopic (exact) mass is 224 g/mol. The molecule has 0 amide bonds. The molecule has 4 nitrogen and oxygen atoms in total. The molecule has 0 atom stereocenters. The quantitative estimate of drug-likeness (QED) is 0.798. The van der Waals surface area contributed by atoms with Gasteiger partial charge in [0.15, 0.2) is 0 Å². The number of ether oxygens (including phenoxy) is 1. The molecular weight excluding hydrogens is 212 g/mol. The number of fused-ring (bicyclic) bond motifs is 1. The number of rotatable bonds is 3. The van der Waals surface area contributed by atoms with Crippen LogP contribution in [0.3, 0.4) is 0 Å². The summed E-state index contributed by atoms with van der Waals surface area (Å²) in [6, 6.07) is 0. The van der Waals surface area contributed by atoms with Gasteiger partial charge in [-0.1, -0.05) is 0 Å². The Morgan fingerprint density at radius 2 is 2.40 bits per heavy atom. The molecule has 0 aromatic carbocycles. The molecule has 80 valence electrons. The fourth-order valence-corrected chi connectivity index (χ4v) is 2.29. The van der Waals surface area contributed by atoms with Gasteiger partial charge in [-0.25, -0.2) is 4.98 Å². The first kappa shape index (κ1) is 10.3. The van der Waals surface area contributed by atoms with Crippen LogP contribution in [0.5, 0.6) is 0 Å². The van der Waals surface area contributed by atoms with E-state index in [1.165, 1.54) is 15.9 Å². The maximum atomic E-state index is 11.9. The normalized spacial score (nSPS) is 11.1. The lowest BCUT2D eigenvalue weighted by molar-refractivity contribution is 0.0851. The highest BCUT2D eigenvalue weighted by Gasteiger charge is 2.07. The highest BCUT2D eigenvalue weighted by atomic mass is 32.1. The molecule has 5 heteroatoms. The molecule has 0 bridgehead atoms. The molecule has 0 unspecified atom stereocenters. The SMILES string of the molecule is CCOCn1cnc2c(C)csc2c1=O. The van der Waals surface area contributed by atoms with E-state index in [2.05, 4.69) is 4.98 Å². The van der Waals surface area contributed by atoms with Gasteiger partial charge in [0.05, 0.1) is 5.52 Å². The smallest absolute Gasteiger partial charge is 0.273 e. The molecular formula is C10H12N2O2S. The molecule has 0 radical (unpaired) electrons. The Kier molecular flexibility index (Phi) is 2.83. The summed E-state index contributed by atoms with van der Waals surface area (Å²) < 4.78 is 7.37. The van der Waals surface area contributed by atoms with E-state index in [4.69, 9.17) is 4.74 Å². The van der Waals surface area contributed by atoms with Crippen LogP contribution in [-0.2, 0) is 11.5 Å². The standard InChI is InChI=1S/C10H12N2O2S/c1-3-14-6-12-5-11-8-7(2)4-15-9(8)10(12)13/h4-5H,3,6H2,1-2H3. The molecule has 0 fully saturated rings. The van der Waals surface area contributed by atoms with Gasteiger partial charge in [-0.2, -0.15) is 0 Å². The Morgan fingerprint density at radius 3 is 3.13 bits per heavy atom. The van der Waals surface area contributed by atoms with Crippen molar-refractivity contribution in [2.75, 3.05) is 6.61 Å². The van der Waals surface area contributed by atoms with Crippen LogP contribution in [0.15, 0.2) is 16.5 Å². The third-order valence-electron chi connectivity index (χ3n) is 2.16. The van der Waals surface area contributed by atoms with Gasteiger partial charge in [-0.05, 0) is 24.8 Å². The first-order valence-electron chi connectivity index (χ1n) is 4.75. The topological polar surface area (TPSA) is 44.1 Å². The van der Waals surface area contributed by atoms with Crippen LogP contribution >= 0.6 is 11.3 Å². The van der Waals surface area contributed by atoms with Crippen molar-refractivity contribution in [1.82, 2.24) is 9.55 Å². The van der Waals surface area contributed by atoms with Gasteiger partial charge in [0.25, 0.3) is 5.56 Å². The van der Waals surface area contributed by atoms with Crippen LogP contribution in [0, 0.1) is 6.92 Å². The molecule has 2 heterocycles. The summed E-state index contributed by atoms with van der Waals surface area (Å²) in [5.74, 6) is 0. The average Bonchev–Trinajstić information content (AvgIpc) is 2.61. The predicted octanol–water partition coefficient (Wildman–Crippen LogP) is 1.76. The van der Waals surface area contributed by atoms with Crippen LogP contribution in [0.1, 0.15) is 12.5 Å². The summed E-state index contributed by atoms with van der Waals surface area (Å²) in [6.07, 6.45) is 1.54. The number of aryl methyl sites for hydroxylation is 1. The van der Waals surface area contributed by atoms with E-state index >= 15 is 0 Å². The first-order chi connectivity index (χ1) is 7.24. The molecule has 2 aromatic rings. The van der Waals surface area contributed by atoms with Gasteiger partial charge in [-0.15, -0.1) is 11.3 Å². The summed E-state index contributed by atoms with van der Waals surface area (Å²) in [7, 11) is 0. The summed E-state index contributed by atoms with van der Waals surface area (Å²) in [4.78, 5) is 16.1. The molecule has 0 saturated carbocycles. The molecule has 0 aliphatic carbocycles. The summed E-state index contributed by atoms with van der Waals surface area (Å²) in [6.45, 7) is 4.72. The zero-order valence-corrected chi connectivity index (χ0v) is 9.50. The maximum Gasteiger partial charge on any atom is 0.273 e. The fourth-order valence-electron chi connectivity index (χ4n) is 1.34. The average molecular weight is 224 g/mol. The predicted molar refractivity (Wildman–Crippen MR) is 60.2 cm³/mol. The van der Waals surface area contributed by atoms with Gasteiger partial charge < -0.3 is 4.74 Å². The highest BCUT2D eigenvalue weighted by molar-refractivity contribution is 7.17. The molecule has 0 N–H and O–H groups in total. The maximum absolute atomic E-state index is 11.9. The van der Waals surface area contributed by atoms with Crippen molar-refractivity contribution >= 4 is 21.6 Å². The third kappa shape index (κ3) is 1.80. The van der Waals surface area contributed by atoms with E-state index in [0.717, 1.165) is 11.1 Å². The lowest BCUT2D eigenvalue weighted by Gasteiger charge is -2.04. The van der Waals surface area contributed by atoms with Crippen LogP contribution in [0.4, 0.5) is 0 Å². The molecule has 2 rings (SSSR count). The van der Waals surface area contributed by atoms with Crippen molar-refractivity contribution in [3.8, 4) is 0 Å². The Balaban J connectivity index is 2.51. The second-order valence-electron chi connectivity index (χ2n) is 3.24. The van der Waals surface area contributed by atoms with Crippen molar-refractivity contribution in [2.24, 2.45) is 0 Å². The lowest BCUT2D eigenvalue weighted by atomic mass is 10.3. The van der Waals surface area contributed by atoms with E-state index in [0.29, 0.717) is 11.3 Å². The van der Waals surface area contributed by atoms with Crippen molar-refractivity contribution in [2.45, 2.75) is 20.6 Å². The summed E-state index contributed by atoms with van der Waals surface area (Å²) in [5.41, 5.74) is 1.83. The molecule has 2 aromatic heterocycles. The van der Waals surface area contributed by atoms with Crippen molar-refractivity contribution < 1.29 is 4.74 Å². The van der Waals surface area contributed by atoms with Crippen molar-refractivity contribution in [1.29, 1.82) is 0 Å². The third-order valence-corrected chi connectivity index (χ3v) is 3.23. The molecule has 15 heavy (non-hydrogen) atoms. The van der Waals surface area contributed by atoms with Crippen molar-refractivity contribution in [3.63, 3.8) is 0 Å². The minimum Gasteiger partial charge on any atom is -0.361 e. The number of thiophene rings is 1. The number of aromatic nitrogens is 2. The zero-order chi connectivity index (χ0) is 10.8. The van der Waals surface area contributed by atoms with Gasteiger partial charge in [-0.3, -0.25) is 9.36 Å². The summed E-state index contributed by atoms with van der Waals surface area (Å²) in [5, 5.41) is 1.95. The Hall–Kier alpha value is -1.20. The van der Waals surface area contributed by atoms with E-state index in [9.17, 15) is 4.79 Å². The number of hydrogen-bond donors (Lipinski definition) is 0. The Bertz CT molecular complexity index is 530. The van der Waals surface area contributed by atoms with Crippen LogP contribution in [0.2, 0.25) is 0 Å². The number of hydrogen-bond acceptors (Lipinski definition) is 4.